The van der Waals surface area contributed by atoms with Gasteiger partial charge in [0.15, 0.2) is 11.6 Å². The first kappa shape index (κ1) is 6.22. The number of rotatable bonds is 0. The second-order valence-electron chi connectivity index (χ2n) is 2.30. The zero-order chi connectivity index (χ0) is 7.68. The van der Waals surface area contributed by atoms with Crippen LogP contribution in [0.15, 0.2) is 33.9 Å². The quantitative estimate of drug-likeness (QED) is 0.500. The molecule has 0 saturated heterocycles. The number of dihydropyridines is 1. The van der Waals surface area contributed by atoms with Gasteiger partial charge in [-0.15, -0.1) is 0 Å². The Morgan fingerprint density at radius 3 is 3.18 bits per heavy atom. The second-order valence-corrected chi connectivity index (χ2v) is 2.30. The van der Waals surface area contributed by atoms with Crippen LogP contribution in [0.25, 0.3) is 0 Å². The highest BCUT2D eigenvalue weighted by atomic mass is 16.1. The Balaban J connectivity index is 2.48. The molecule has 2 aliphatic rings. The fraction of sp³-hybridized carbons (Fsp3) is 0.125. The number of hydrogen-bond acceptors (Lipinski definition) is 3. The minimum atomic E-state index is 0.00634. The number of hydrogen-bond donors (Lipinski definition) is 0. The third-order valence-electron chi connectivity index (χ3n) is 1.57. The molecule has 2 rings (SSSR count). The van der Waals surface area contributed by atoms with Gasteiger partial charge in [-0.05, 0) is 0 Å². The van der Waals surface area contributed by atoms with Crippen molar-refractivity contribution in [3.05, 3.63) is 23.9 Å². The molecule has 0 aliphatic carbocycles. The topological polar surface area (TPSA) is 41.8 Å². The lowest BCUT2D eigenvalue weighted by Gasteiger charge is -2.08. The SMILES string of the molecule is O=C1C=CN=C2N=CCC=C12. The van der Waals surface area contributed by atoms with E-state index < -0.39 is 0 Å². The maximum Gasteiger partial charge on any atom is 0.190 e. The van der Waals surface area contributed by atoms with Gasteiger partial charge >= 0.3 is 0 Å². The van der Waals surface area contributed by atoms with E-state index in [0.717, 1.165) is 6.42 Å². The van der Waals surface area contributed by atoms with Crippen LogP contribution in [-0.4, -0.2) is 17.8 Å². The molecule has 0 radical (unpaired) electrons. The molecule has 0 atom stereocenters. The van der Waals surface area contributed by atoms with Gasteiger partial charge in [-0.3, -0.25) is 4.79 Å². The molecule has 0 aromatic heterocycles. The molecule has 2 heterocycles. The summed E-state index contributed by atoms with van der Waals surface area (Å²) in [6, 6.07) is 0. The Morgan fingerprint density at radius 1 is 1.45 bits per heavy atom. The third kappa shape index (κ3) is 0.941. The van der Waals surface area contributed by atoms with E-state index in [4.69, 9.17) is 0 Å². The summed E-state index contributed by atoms with van der Waals surface area (Å²) >= 11 is 0. The van der Waals surface area contributed by atoms with E-state index in [2.05, 4.69) is 9.98 Å². The fourth-order valence-electron chi connectivity index (χ4n) is 1.05. The normalized spacial score (nSPS) is 20.9. The molecule has 11 heavy (non-hydrogen) atoms. The fourth-order valence-corrected chi connectivity index (χ4v) is 1.05. The second kappa shape index (κ2) is 2.27. The van der Waals surface area contributed by atoms with E-state index in [9.17, 15) is 4.79 Å². The highest BCUT2D eigenvalue weighted by Gasteiger charge is 2.16. The lowest BCUT2D eigenvalue weighted by Crippen LogP contribution is -2.14. The predicted octanol–water partition coefficient (Wildman–Crippen LogP) is 0.882. The highest BCUT2D eigenvalue weighted by Crippen LogP contribution is 2.12. The van der Waals surface area contributed by atoms with Crippen molar-refractivity contribution in [1.29, 1.82) is 0 Å². The summed E-state index contributed by atoms with van der Waals surface area (Å²) < 4.78 is 0. The van der Waals surface area contributed by atoms with Crippen LogP contribution < -0.4 is 0 Å². The molecule has 0 saturated carbocycles. The van der Waals surface area contributed by atoms with E-state index >= 15 is 0 Å². The minimum absolute atomic E-state index is 0.00634. The largest absolute Gasteiger partial charge is 0.289 e. The Morgan fingerprint density at radius 2 is 2.36 bits per heavy atom. The van der Waals surface area contributed by atoms with Gasteiger partial charge in [-0.2, -0.15) is 0 Å². The first-order valence-electron chi connectivity index (χ1n) is 3.39. The van der Waals surface area contributed by atoms with Crippen LogP contribution in [0.4, 0.5) is 0 Å². The van der Waals surface area contributed by atoms with E-state index in [1.54, 1.807) is 6.21 Å². The zero-order valence-corrected chi connectivity index (χ0v) is 5.82. The van der Waals surface area contributed by atoms with Crippen LogP contribution in [0.2, 0.25) is 0 Å². The van der Waals surface area contributed by atoms with Crippen molar-refractivity contribution in [3.8, 4) is 0 Å². The van der Waals surface area contributed by atoms with Crippen molar-refractivity contribution in [2.24, 2.45) is 9.98 Å². The third-order valence-corrected chi connectivity index (χ3v) is 1.57. The number of ketones is 1. The maximum absolute atomic E-state index is 11.1. The molecule has 0 aromatic rings. The van der Waals surface area contributed by atoms with Gasteiger partial charge in [0.1, 0.15) is 0 Å². The summed E-state index contributed by atoms with van der Waals surface area (Å²) in [5.74, 6) is 0.551. The number of carbonyl (C=O) groups is 1. The Bertz CT molecular complexity index is 321. The van der Waals surface area contributed by atoms with Crippen molar-refractivity contribution >= 4 is 17.8 Å². The lowest BCUT2D eigenvalue weighted by molar-refractivity contribution is -0.111. The summed E-state index contributed by atoms with van der Waals surface area (Å²) in [7, 11) is 0. The molecule has 3 heteroatoms. The summed E-state index contributed by atoms with van der Waals surface area (Å²) in [5, 5.41) is 0. The van der Waals surface area contributed by atoms with Crippen molar-refractivity contribution in [1.82, 2.24) is 0 Å². The summed E-state index contributed by atoms with van der Waals surface area (Å²) in [5.41, 5.74) is 0.634. The van der Waals surface area contributed by atoms with Crippen LogP contribution in [0.5, 0.6) is 0 Å². The first-order valence-corrected chi connectivity index (χ1v) is 3.39. The molecule has 0 bridgehead atoms. The van der Waals surface area contributed by atoms with Crippen LogP contribution >= 0.6 is 0 Å². The van der Waals surface area contributed by atoms with Crippen LogP contribution in [-0.2, 0) is 4.79 Å². The number of aliphatic imine (C=N–C) groups is 2. The molecule has 0 aromatic carbocycles. The zero-order valence-electron chi connectivity index (χ0n) is 5.82. The van der Waals surface area contributed by atoms with Gasteiger partial charge in [0, 0.05) is 24.9 Å². The summed E-state index contributed by atoms with van der Waals surface area (Å²) in [6.45, 7) is 0. The van der Waals surface area contributed by atoms with E-state index in [1.165, 1.54) is 12.3 Å². The van der Waals surface area contributed by atoms with Crippen molar-refractivity contribution in [2.75, 3.05) is 0 Å². The van der Waals surface area contributed by atoms with E-state index in [-0.39, 0.29) is 5.78 Å². The number of nitrogens with zero attached hydrogens (tertiary/aromatic N) is 2. The molecule has 0 N–H and O–H groups in total. The number of fused-ring (bicyclic) bond motifs is 1. The van der Waals surface area contributed by atoms with Crippen LogP contribution in [0.3, 0.4) is 0 Å². The van der Waals surface area contributed by atoms with Gasteiger partial charge in [-0.1, -0.05) is 6.08 Å². The van der Waals surface area contributed by atoms with Crippen molar-refractivity contribution in [2.45, 2.75) is 6.42 Å². The number of amidine groups is 1. The average molecular weight is 146 g/mol. The first-order chi connectivity index (χ1) is 5.38. The standard InChI is InChI=1S/C8H6N2O/c11-7-3-5-10-8-6(7)2-1-4-9-8/h2-5H,1H2. The maximum atomic E-state index is 11.1. The molecule has 0 fully saturated rings. The Kier molecular flexibility index (Phi) is 1.28. The summed E-state index contributed by atoms with van der Waals surface area (Å²) in [4.78, 5) is 19.1. The molecule has 0 amide bonds. The molecule has 54 valence electrons. The van der Waals surface area contributed by atoms with Gasteiger partial charge in [-0.25, -0.2) is 9.98 Å². The monoisotopic (exact) mass is 146 g/mol. The van der Waals surface area contributed by atoms with E-state index in [0.29, 0.717) is 11.4 Å². The van der Waals surface area contributed by atoms with Gasteiger partial charge in [0.2, 0.25) is 0 Å². The number of carbonyl (C=O) groups excluding carboxylic acids is 1. The number of allylic oxidation sites excluding steroid dienone is 2. The van der Waals surface area contributed by atoms with Crippen molar-refractivity contribution < 1.29 is 4.79 Å². The van der Waals surface area contributed by atoms with E-state index in [1.807, 2.05) is 6.08 Å². The smallest absolute Gasteiger partial charge is 0.190 e. The van der Waals surface area contributed by atoms with Crippen molar-refractivity contribution in [3.63, 3.8) is 0 Å². The predicted molar refractivity (Wildman–Crippen MR) is 42.8 cm³/mol. The highest BCUT2D eigenvalue weighted by molar-refractivity contribution is 6.28. The summed E-state index contributed by atoms with van der Waals surface area (Å²) in [6.07, 6.45) is 7.26. The average Bonchev–Trinajstić information content (AvgIpc) is 2.06. The molecule has 3 nitrogen and oxygen atoms in total. The Hall–Kier alpha value is -1.51. The van der Waals surface area contributed by atoms with Crippen LogP contribution in [0.1, 0.15) is 6.42 Å². The molecule has 0 unspecified atom stereocenters. The van der Waals surface area contributed by atoms with Gasteiger partial charge < -0.3 is 0 Å². The van der Waals surface area contributed by atoms with Gasteiger partial charge in [0.05, 0.1) is 5.57 Å². The van der Waals surface area contributed by atoms with Gasteiger partial charge in [0.25, 0.3) is 0 Å². The lowest BCUT2D eigenvalue weighted by atomic mass is 10.1. The molecular formula is C8H6N2O. The molecule has 2 aliphatic heterocycles. The minimum Gasteiger partial charge on any atom is -0.289 e. The molecule has 0 spiro atoms. The Labute approximate surface area is 63.9 Å². The molecular weight excluding hydrogens is 140 g/mol. The van der Waals surface area contributed by atoms with Crippen LogP contribution in [0, 0.1) is 0 Å².